The molecule has 5 rings (SSSR count). The Labute approximate surface area is 270 Å². The molecule has 12 heteroatoms. The third-order valence-corrected chi connectivity index (χ3v) is 8.81. The molecule has 4 aromatic rings. The molecular formula is C33H33Cl2N5O5. The van der Waals surface area contributed by atoms with Crippen LogP contribution in [-0.2, 0) is 25.4 Å². The van der Waals surface area contributed by atoms with Crippen LogP contribution in [0.5, 0.6) is 5.88 Å². The first kappa shape index (κ1) is 32.2. The Morgan fingerprint density at radius 3 is 2.40 bits per heavy atom. The van der Waals surface area contributed by atoms with Crippen LogP contribution in [0.2, 0.25) is 10.0 Å². The molecule has 1 amide bonds. The van der Waals surface area contributed by atoms with E-state index in [1.165, 1.54) is 20.3 Å². The standard InChI is InChI=1S/C33H33Cl2N5O5/c1-38(16-19-11-13-21(41)15-19)17-20-12-14-26(37-31(20)45-4)24-9-5-7-22(28(24)34)23-8-6-10-27(29(23)35)36-30(42)25-18-39(2)33(44)40(3)32(25)43/h5-10,12,14,18-19H,11,13,15-17H2,1-4H3,(H,36,42)/t19-/m1/s1. The van der Waals surface area contributed by atoms with E-state index in [1.807, 2.05) is 37.4 Å². The van der Waals surface area contributed by atoms with Gasteiger partial charge in [-0.2, -0.15) is 0 Å². The summed E-state index contributed by atoms with van der Waals surface area (Å²) in [5.41, 5.74) is 2.17. The number of carbonyl (C=O) groups excluding carboxylic acids is 2. The molecule has 0 bridgehead atoms. The highest BCUT2D eigenvalue weighted by atomic mass is 35.5. The van der Waals surface area contributed by atoms with E-state index in [0.29, 0.717) is 64.4 Å². The number of amides is 1. The van der Waals surface area contributed by atoms with E-state index < -0.39 is 17.2 Å². The number of pyridine rings is 1. The molecule has 0 spiro atoms. The number of aryl methyl sites for hydroxylation is 1. The van der Waals surface area contributed by atoms with Crippen molar-refractivity contribution in [1.29, 1.82) is 0 Å². The number of anilines is 1. The first-order valence-electron chi connectivity index (χ1n) is 14.4. The number of carbonyl (C=O) groups is 2. The van der Waals surface area contributed by atoms with Crippen molar-refractivity contribution in [2.75, 3.05) is 26.0 Å². The minimum absolute atomic E-state index is 0.204. The molecule has 2 aromatic carbocycles. The molecule has 1 N–H and O–H groups in total. The van der Waals surface area contributed by atoms with Crippen molar-refractivity contribution < 1.29 is 14.3 Å². The Balaban J connectivity index is 1.41. The second-order valence-corrected chi connectivity index (χ2v) is 12.1. The fraction of sp³-hybridized carbons (Fsp3) is 0.303. The Morgan fingerprint density at radius 1 is 1.02 bits per heavy atom. The van der Waals surface area contributed by atoms with E-state index in [-0.39, 0.29) is 16.3 Å². The third kappa shape index (κ3) is 6.73. The number of methoxy groups -OCH3 is 1. The van der Waals surface area contributed by atoms with Gasteiger partial charge >= 0.3 is 5.69 Å². The number of nitrogens with one attached hydrogen (secondary N) is 1. The van der Waals surface area contributed by atoms with Gasteiger partial charge in [-0.3, -0.25) is 19.0 Å². The van der Waals surface area contributed by atoms with Gasteiger partial charge in [-0.25, -0.2) is 9.78 Å². The Morgan fingerprint density at radius 2 is 1.71 bits per heavy atom. The highest BCUT2D eigenvalue weighted by Crippen LogP contribution is 2.41. The Hall–Kier alpha value is -4.25. The van der Waals surface area contributed by atoms with Crippen LogP contribution < -0.4 is 21.3 Å². The van der Waals surface area contributed by atoms with E-state index in [4.69, 9.17) is 32.9 Å². The quantitative estimate of drug-likeness (QED) is 0.266. The number of ether oxygens (including phenoxy) is 1. The van der Waals surface area contributed by atoms with Gasteiger partial charge in [-0.05, 0) is 31.5 Å². The third-order valence-electron chi connectivity index (χ3n) is 7.99. The molecule has 10 nitrogen and oxygen atoms in total. The number of rotatable bonds is 9. The molecule has 0 unspecified atom stereocenters. The number of hydrogen-bond donors (Lipinski definition) is 1. The summed E-state index contributed by atoms with van der Waals surface area (Å²) in [6.45, 7) is 1.45. The van der Waals surface area contributed by atoms with Crippen molar-refractivity contribution in [3.63, 3.8) is 0 Å². The SMILES string of the molecule is COc1nc(-c2cccc(-c3cccc(NC(=O)c4cn(C)c(=O)n(C)c4=O)c3Cl)c2Cl)ccc1CN(C)C[C@@H]1CCC(=O)C1. The molecule has 1 fully saturated rings. The van der Waals surface area contributed by atoms with Crippen LogP contribution in [-0.4, -0.2) is 51.4 Å². The van der Waals surface area contributed by atoms with Crippen LogP contribution in [0.25, 0.3) is 22.4 Å². The monoisotopic (exact) mass is 649 g/mol. The van der Waals surface area contributed by atoms with Crippen molar-refractivity contribution in [1.82, 2.24) is 19.0 Å². The summed E-state index contributed by atoms with van der Waals surface area (Å²) < 4.78 is 7.68. The van der Waals surface area contributed by atoms with E-state index in [9.17, 15) is 19.2 Å². The van der Waals surface area contributed by atoms with Crippen LogP contribution in [0, 0.1) is 5.92 Å². The normalized spacial score (nSPS) is 14.6. The molecule has 0 aliphatic heterocycles. The van der Waals surface area contributed by atoms with E-state index in [0.717, 1.165) is 27.7 Å². The summed E-state index contributed by atoms with van der Waals surface area (Å²) in [6, 6.07) is 14.5. The molecule has 234 valence electrons. The fourth-order valence-corrected chi connectivity index (χ4v) is 6.29. The van der Waals surface area contributed by atoms with Crippen molar-refractivity contribution in [2.45, 2.75) is 25.8 Å². The second-order valence-electron chi connectivity index (χ2n) is 11.3. The predicted octanol–water partition coefficient (Wildman–Crippen LogP) is 5.18. The molecule has 2 heterocycles. The minimum Gasteiger partial charge on any atom is -0.481 e. The molecule has 1 aliphatic rings. The smallest absolute Gasteiger partial charge is 0.330 e. The topological polar surface area (TPSA) is 116 Å². The number of ketones is 1. The van der Waals surface area contributed by atoms with Gasteiger partial charge in [0, 0.05) is 68.5 Å². The highest BCUT2D eigenvalue weighted by molar-refractivity contribution is 6.39. The molecule has 45 heavy (non-hydrogen) atoms. The fourth-order valence-electron chi connectivity index (χ4n) is 5.69. The molecular weight excluding hydrogens is 617 g/mol. The molecule has 0 saturated heterocycles. The Kier molecular flexibility index (Phi) is 9.57. The molecule has 1 atom stereocenters. The zero-order chi connectivity index (χ0) is 32.4. The summed E-state index contributed by atoms with van der Waals surface area (Å²) in [5, 5.41) is 3.31. The second kappa shape index (κ2) is 13.4. The summed E-state index contributed by atoms with van der Waals surface area (Å²) in [6.07, 6.45) is 3.43. The number of hydrogen-bond acceptors (Lipinski definition) is 7. The lowest BCUT2D eigenvalue weighted by Crippen LogP contribution is -2.40. The van der Waals surface area contributed by atoms with Crippen LogP contribution in [0.15, 0.2) is 64.3 Å². The summed E-state index contributed by atoms with van der Waals surface area (Å²) in [5.74, 6) is 0.489. The van der Waals surface area contributed by atoms with Crippen molar-refractivity contribution in [3.05, 3.63) is 96.7 Å². The van der Waals surface area contributed by atoms with Gasteiger partial charge in [0.25, 0.3) is 11.5 Å². The lowest BCUT2D eigenvalue weighted by atomic mass is 10.00. The van der Waals surface area contributed by atoms with E-state index in [2.05, 4.69) is 10.2 Å². The van der Waals surface area contributed by atoms with Crippen LogP contribution in [0.4, 0.5) is 5.69 Å². The maximum absolute atomic E-state index is 13.0. The van der Waals surface area contributed by atoms with Crippen LogP contribution >= 0.6 is 23.2 Å². The maximum Gasteiger partial charge on any atom is 0.330 e. The van der Waals surface area contributed by atoms with Gasteiger partial charge in [-0.1, -0.05) is 59.6 Å². The van der Waals surface area contributed by atoms with Crippen molar-refractivity contribution in [2.24, 2.45) is 20.0 Å². The molecule has 1 aliphatic carbocycles. The number of Topliss-reactive ketones (excluding diaryl/α,β-unsaturated/α-hetero) is 1. The largest absolute Gasteiger partial charge is 0.481 e. The zero-order valence-electron chi connectivity index (χ0n) is 25.4. The van der Waals surface area contributed by atoms with Crippen LogP contribution in [0.3, 0.4) is 0 Å². The average Bonchev–Trinajstić information content (AvgIpc) is 3.43. The number of nitrogens with zero attached hydrogens (tertiary/aromatic N) is 4. The Bertz CT molecular complexity index is 1920. The lowest BCUT2D eigenvalue weighted by Gasteiger charge is -2.21. The lowest BCUT2D eigenvalue weighted by molar-refractivity contribution is -0.117. The van der Waals surface area contributed by atoms with Gasteiger partial charge in [0.2, 0.25) is 5.88 Å². The number of aromatic nitrogens is 3. The summed E-state index contributed by atoms with van der Waals surface area (Å²) in [7, 11) is 6.37. The van der Waals surface area contributed by atoms with Gasteiger partial charge in [0.1, 0.15) is 11.3 Å². The molecule has 1 saturated carbocycles. The average molecular weight is 651 g/mol. The van der Waals surface area contributed by atoms with Gasteiger partial charge in [-0.15, -0.1) is 0 Å². The molecule has 2 aromatic heterocycles. The number of halogens is 2. The van der Waals surface area contributed by atoms with Crippen molar-refractivity contribution >= 4 is 40.6 Å². The minimum atomic E-state index is -0.718. The molecule has 0 radical (unpaired) electrons. The summed E-state index contributed by atoms with van der Waals surface area (Å²) >= 11 is 13.7. The van der Waals surface area contributed by atoms with Crippen LogP contribution in [0.1, 0.15) is 35.2 Å². The zero-order valence-corrected chi connectivity index (χ0v) is 26.9. The van der Waals surface area contributed by atoms with Gasteiger partial charge < -0.3 is 19.5 Å². The maximum atomic E-state index is 13.0. The highest BCUT2D eigenvalue weighted by Gasteiger charge is 2.24. The predicted molar refractivity (Wildman–Crippen MR) is 175 cm³/mol. The van der Waals surface area contributed by atoms with E-state index in [1.54, 1.807) is 25.3 Å². The summed E-state index contributed by atoms with van der Waals surface area (Å²) in [4.78, 5) is 56.3. The van der Waals surface area contributed by atoms with Crippen molar-refractivity contribution in [3.8, 4) is 28.3 Å². The van der Waals surface area contributed by atoms with Gasteiger partial charge in [0.05, 0.1) is 28.5 Å². The first-order valence-corrected chi connectivity index (χ1v) is 15.1. The van der Waals surface area contributed by atoms with Gasteiger partial charge in [0.15, 0.2) is 0 Å². The van der Waals surface area contributed by atoms with E-state index >= 15 is 0 Å². The number of benzene rings is 2. The first-order chi connectivity index (χ1) is 21.5.